The van der Waals surface area contributed by atoms with E-state index in [-0.39, 0.29) is 17.6 Å². The Morgan fingerprint density at radius 2 is 1.87 bits per heavy atom. The second-order valence-corrected chi connectivity index (χ2v) is 16.8. The number of hydrogen-bond acceptors (Lipinski definition) is 8. The van der Waals surface area contributed by atoms with Crippen molar-refractivity contribution in [3.05, 3.63) is 60.0 Å². The zero-order valence-corrected chi connectivity index (χ0v) is 24.4. The minimum absolute atomic E-state index is 0.0128. The molecule has 2 fully saturated rings. The second kappa shape index (κ2) is 9.50. The van der Waals surface area contributed by atoms with Crippen molar-refractivity contribution in [3.8, 4) is 6.07 Å². The first-order valence-electron chi connectivity index (χ1n) is 13.1. The van der Waals surface area contributed by atoms with Crippen LogP contribution >= 0.6 is 0 Å². The number of ether oxygens (including phenoxy) is 3. The van der Waals surface area contributed by atoms with E-state index in [1.54, 1.807) is 40.9 Å². The van der Waals surface area contributed by atoms with Crippen LogP contribution < -0.4 is 5.32 Å². The standard InChI is InChI=1S/C28H35N5O5Si/c1-26(2,3)39(6,7)35-15-20-22-23(38-27(4,5)37-22)28(16-29,36-20)21-14-13-19-24(30-17-31-33(19)21)32-25(34)18-11-9-8-10-12-18/h8-14,17,20,22-23H,15H2,1-7H3,(H,30,31,32,34)/t20?,22-,23-,28+/m1/s1. The maximum atomic E-state index is 12.8. The van der Waals surface area contributed by atoms with Crippen molar-refractivity contribution in [3.63, 3.8) is 0 Å². The molecule has 1 aromatic carbocycles. The minimum Gasteiger partial charge on any atom is -0.414 e. The number of amides is 1. The molecule has 0 saturated carbocycles. The summed E-state index contributed by atoms with van der Waals surface area (Å²) in [5.41, 5.74) is -0.0456. The molecule has 2 aromatic heterocycles. The molecule has 4 atom stereocenters. The Bertz CT molecular complexity index is 1430. The summed E-state index contributed by atoms with van der Waals surface area (Å²) < 4.78 is 27.1. The van der Waals surface area contributed by atoms with E-state index in [0.29, 0.717) is 22.6 Å². The number of anilines is 1. The number of nitrogens with one attached hydrogen (secondary N) is 1. The first-order valence-corrected chi connectivity index (χ1v) is 16.0. The smallest absolute Gasteiger partial charge is 0.256 e. The highest BCUT2D eigenvalue weighted by Gasteiger charge is 2.65. The highest BCUT2D eigenvalue weighted by atomic mass is 28.4. The Labute approximate surface area is 229 Å². The second-order valence-electron chi connectivity index (χ2n) is 12.0. The first kappa shape index (κ1) is 27.4. The summed E-state index contributed by atoms with van der Waals surface area (Å²) in [5, 5.41) is 17.9. The van der Waals surface area contributed by atoms with Gasteiger partial charge in [-0.05, 0) is 56.2 Å². The van der Waals surface area contributed by atoms with Gasteiger partial charge in [0.2, 0.25) is 5.60 Å². The van der Waals surface area contributed by atoms with Gasteiger partial charge in [0.1, 0.15) is 36.2 Å². The van der Waals surface area contributed by atoms with Crippen LogP contribution in [0.4, 0.5) is 5.82 Å². The molecule has 3 aromatic rings. The van der Waals surface area contributed by atoms with E-state index >= 15 is 0 Å². The number of nitrogens with zero attached hydrogens (tertiary/aromatic N) is 4. The number of hydrogen-bond donors (Lipinski definition) is 1. The van der Waals surface area contributed by atoms with Crippen LogP contribution in [0, 0.1) is 11.3 Å². The SMILES string of the molecule is CC1(C)O[C@@H]2C(CO[Si](C)(C)C(C)(C)C)O[C@@](C#N)(c3ccc4c(NC(=O)c5ccccc5)ncnn34)[C@@H]2O1. The molecule has 0 aliphatic carbocycles. The number of nitriles is 1. The quantitative estimate of drug-likeness (QED) is 0.442. The van der Waals surface area contributed by atoms with Gasteiger partial charge in [-0.25, -0.2) is 9.50 Å². The lowest BCUT2D eigenvalue weighted by atomic mass is 9.92. The summed E-state index contributed by atoms with van der Waals surface area (Å²) in [7, 11) is -2.10. The third-order valence-corrected chi connectivity index (χ3v) is 12.4. The van der Waals surface area contributed by atoms with Gasteiger partial charge in [0.15, 0.2) is 19.9 Å². The fraction of sp³-hybridized carbons (Fsp3) is 0.500. The van der Waals surface area contributed by atoms with E-state index < -0.39 is 38.0 Å². The van der Waals surface area contributed by atoms with Crippen LogP contribution in [0.5, 0.6) is 0 Å². The molecule has 5 rings (SSSR count). The van der Waals surface area contributed by atoms with Crippen molar-refractivity contribution in [1.82, 2.24) is 14.6 Å². The van der Waals surface area contributed by atoms with E-state index in [9.17, 15) is 10.1 Å². The predicted molar refractivity (Wildman–Crippen MR) is 147 cm³/mol. The van der Waals surface area contributed by atoms with Crippen LogP contribution in [-0.2, 0) is 24.2 Å². The third-order valence-electron chi connectivity index (χ3n) is 7.91. The summed E-state index contributed by atoms with van der Waals surface area (Å²) in [4.78, 5) is 17.1. The highest BCUT2D eigenvalue weighted by Crippen LogP contribution is 2.50. The lowest BCUT2D eigenvalue weighted by molar-refractivity contribution is -0.204. The molecule has 4 heterocycles. The van der Waals surface area contributed by atoms with Crippen molar-refractivity contribution >= 4 is 25.6 Å². The number of rotatable bonds is 6. The summed E-state index contributed by atoms with van der Waals surface area (Å²) in [6.45, 7) is 14.8. The average molecular weight is 550 g/mol. The van der Waals surface area contributed by atoms with Gasteiger partial charge in [0.25, 0.3) is 5.91 Å². The molecular formula is C28H35N5O5Si. The van der Waals surface area contributed by atoms with Gasteiger partial charge in [0, 0.05) is 5.56 Å². The summed E-state index contributed by atoms with van der Waals surface area (Å²) in [6.07, 6.45) is -0.437. The maximum absolute atomic E-state index is 12.8. The molecule has 2 aliphatic heterocycles. The number of aromatic nitrogens is 3. The van der Waals surface area contributed by atoms with Gasteiger partial charge in [-0.3, -0.25) is 4.79 Å². The van der Waals surface area contributed by atoms with Gasteiger partial charge in [-0.2, -0.15) is 10.4 Å². The van der Waals surface area contributed by atoms with E-state index in [1.807, 2.05) is 19.9 Å². The third kappa shape index (κ3) is 4.77. The Balaban J connectivity index is 1.50. The average Bonchev–Trinajstić information content (AvgIpc) is 3.53. The molecule has 206 valence electrons. The molecular weight excluding hydrogens is 514 g/mol. The molecule has 0 spiro atoms. The van der Waals surface area contributed by atoms with Crippen LogP contribution in [0.3, 0.4) is 0 Å². The molecule has 2 aliphatic rings. The van der Waals surface area contributed by atoms with Crippen molar-refractivity contribution in [2.75, 3.05) is 11.9 Å². The summed E-state index contributed by atoms with van der Waals surface area (Å²) >= 11 is 0. The van der Waals surface area contributed by atoms with E-state index in [1.165, 1.54) is 6.33 Å². The van der Waals surface area contributed by atoms with Crippen molar-refractivity contribution in [2.24, 2.45) is 0 Å². The molecule has 10 nitrogen and oxygen atoms in total. The lowest BCUT2D eigenvalue weighted by Gasteiger charge is -2.37. The van der Waals surface area contributed by atoms with E-state index in [0.717, 1.165) is 0 Å². The van der Waals surface area contributed by atoms with Crippen LogP contribution in [0.2, 0.25) is 18.1 Å². The van der Waals surface area contributed by atoms with E-state index in [2.05, 4.69) is 55.3 Å². The largest absolute Gasteiger partial charge is 0.414 e. The van der Waals surface area contributed by atoms with Crippen LogP contribution in [0.25, 0.3) is 5.52 Å². The van der Waals surface area contributed by atoms with E-state index in [4.69, 9.17) is 18.6 Å². The molecule has 0 radical (unpaired) electrons. The zero-order valence-electron chi connectivity index (χ0n) is 23.4. The van der Waals surface area contributed by atoms with Gasteiger partial charge >= 0.3 is 0 Å². The normalized spacial score (nSPS) is 26.4. The molecule has 2 saturated heterocycles. The first-order chi connectivity index (χ1) is 18.3. The van der Waals surface area contributed by atoms with Gasteiger partial charge in [0.05, 0.1) is 12.3 Å². The zero-order chi connectivity index (χ0) is 28.2. The van der Waals surface area contributed by atoms with Crippen molar-refractivity contribution in [2.45, 2.75) is 82.5 Å². The number of carbonyl (C=O) groups is 1. The van der Waals surface area contributed by atoms with Gasteiger partial charge in [-0.1, -0.05) is 39.0 Å². The maximum Gasteiger partial charge on any atom is 0.256 e. The fourth-order valence-electron chi connectivity index (χ4n) is 4.82. The highest BCUT2D eigenvalue weighted by molar-refractivity contribution is 6.74. The van der Waals surface area contributed by atoms with Crippen molar-refractivity contribution < 1.29 is 23.4 Å². The van der Waals surface area contributed by atoms with Gasteiger partial charge < -0.3 is 24.0 Å². The molecule has 1 unspecified atom stereocenters. The topological polar surface area (TPSA) is 120 Å². The summed E-state index contributed by atoms with van der Waals surface area (Å²) in [6, 6.07) is 14.8. The monoisotopic (exact) mass is 549 g/mol. The molecule has 1 amide bonds. The summed E-state index contributed by atoms with van der Waals surface area (Å²) in [5.74, 6) is -0.898. The lowest BCUT2D eigenvalue weighted by Crippen LogP contribution is -2.44. The van der Waals surface area contributed by atoms with Crippen LogP contribution in [0.1, 0.15) is 50.7 Å². The van der Waals surface area contributed by atoms with Crippen LogP contribution in [0.15, 0.2) is 48.8 Å². The molecule has 0 bridgehead atoms. The van der Waals surface area contributed by atoms with Gasteiger partial charge in [-0.15, -0.1) is 0 Å². The molecule has 1 N–H and O–H groups in total. The van der Waals surface area contributed by atoms with Crippen LogP contribution in [-0.4, -0.2) is 59.5 Å². The number of benzene rings is 1. The number of fused-ring (bicyclic) bond motifs is 2. The molecule has 11 heteroatoms. The predicted octanol–water partition coefficient (Wildman–Crippen LogP) is 4.64. The molecule has 39 heavy (non-hydrogen) atoms. The Kier molecular flexibility index (Phi) is 6.68. The number of carbonyl (C=O) groups excluding carboxylic acids is 1. The fourth-order valence-corrected chi connectivity index (χ4v) is 5.83. The Hall–Kier alpha value is -3.14. The Morgan fingerprint density at radius 3 is 2.54 bits per heavy atom. The Morgan fingerprint density at radius 1 is 1.15 bits per heavy atom. The minimum atomic E-state index is -2.10. The van der Waals surface area contributed by atoms with Crippen molar-refractivity contribution in [1.29, 1.82) is 5.26 Å².